The number of carbonyl (C=O) groups excluding carboxylic acids is 2. The molecule has 3 N–H and O–H groups in total. The lowest BCUT2D eigenvalue weighted by Gasteiger charge is -2.13. The van der Waals surface area contributed by atoms with Crippen molar-refractivity contribution in [1.82, 2.24) is 10.3 Å². The van der Waals surface area contributed by atoms with Crippen molar-refractivity contribution in [2.24, 2.45) is 0 Å². The van der Waals surface area contributed by atoms with E-state index in [0.29, 0.717) is 16.9 Å². The molecule has 2 amide bonds. The van der Waals surface area contributed by atoms with Crippen molar-refractivity contribution in [3.63, 3.8) is 0 Å². The number of thiazole rings is 1. The molecule has 2 rings (SSSR count). The highest BCUT2D eigenvalue weighted by Crippen LogP contribution is 2.25. The standard InChI is InChI=1S/C18H21N3O4S/c1-18(2,3)17-21-13(10-26-17)16(25)20-12-6-4-11(5-7-12)15(24)19-9-8-14(22)23/h4-7,10H,8-9H2,1-3H3,(H,19,24)(H,20,25)(H,22,23). The molecule has 0 unspecified atom stereocenters. The van der Waals surface area contributed by atoms with Gasteiger partial charge in [-0.15, -0.1) is 11.3 Å². The Morgan fingerprint density at radius 1 is 1.12 bits per heavy atom. The van der Waals surface area contributed by atoms with Crippen LogP contribution in [0.3, 0.4) is 0 Å². The quantitative estimate of drug-likeness (QED) is 0.719. The molecule has 0 saturated heterocycles. The highest BCUT2D eigenvalue weighted by atomic mass is 32.1. The number of aromatic nitrogens is 1. The fraction of sp³-hybridized carbons (Fsp3) is 0.333. The van der Waals surface area contributed by atoms with Crippen molar-refractivity contribution < 1.29 is 19.5 Å². The van der Waals surface area contributed by atoms with Crippen LogP contribution < -0.4 is 10.6 Å². The number of aliphatic carboxylic acids is 1. The van der Waals surface area contributed by atoms with Gasteiger partial charge in [0.15, 0.2) is 0 Å². The average molecular weight is 375 g/mol. The Morgan fingerprint density at radius 3 is 2.31 bits per heavy atom. The molecule has 0 aliphatic heterocycles. The predicted molar refractivity (Wildman–Crippen MR) is 99.8 cm³/mol. The maximum atomic E-state index is 12.3. The average Bonchev–Trinajstić information content (AvgIpc) is 3.05. The third kappa shape index (κ3) is 5.38. The number of rotatable bonds is 6. The molecule has 0 spiro atoms. The maximum Gasteiger partial charge on any atom is 0.305 e. The summed E-state index contributed by atoms with van der Waals surface area (Å²) >= 11 is 1.44. The van der Waals surface area contributed by atoms with Crippen LogP contribution in [0.15, 0.2) is 29.6 Å². The van der Waals surface area contributed by atoms with Crippen LogP contribution in [0, 0.1) is 0 Å². The van der Waals surface area contributed by atoms with Gasteiger partial charge in [-0.1, -0.05) is 20.8 Å². The van der Waals surface area contributed by atoms with Gasteiger partial charge in [-0.25, -0.2) is 4.98 Å². The third-order valence-corrected chi connectivity index (χ3v) is 4.68. The summed E-state index contributed by atoms with van der Waals surface area (Å²) < 4.78 is 0. The summed E-state index contributed by atoms with van der Waals surface area (Å²) in [6.45, 7) is 6.17. The molecule has 1 aromatic heterocycles. The van der Waals surface area contributed by atoms with Crippen LogP contribution in [-0.2, 0) is 10.2 Å². The van der Waals surface area contributed by atoms with Gasteiger partial charge in [-0.3, -0.25) is 14.4 Å². The van der Waals surface area contributed by atoms with E-state index in [9.17, 15) is 14.4 Å². The van der Waals surface area contributed by atoms with Gasteiger partial charge < -0.3 is 15.7 Å². The predicted octanol–water partition coefficient (Wildman–Crippen LogP) is 2.90. The van der Waals surface area contributed by atoms with Crippen molar-refractivity contribution in [3.05, 3.63) is 45.9 Å². The van der Waals surface area contributed by atoms with Gasteiger partial charge in [0.25, 0.3) is 11.8 Å². The van der Waals surface area contributed by atoms with E-state index in [2.05, 4.69) is 15.6 Å². The first-order chi connectivity index (χ1) is 12.2. The molecule has 138 valence electrons. The first kappa shape index (κ1) is 19.6. The number of hydrogen-bond acceptors (Lipinski definition) is 5. The second-order valence-corrected chi connectivity index (χ2v) is 7.58. The summed E-state index contributed by atoms with van der Waals surface area (Å²) in [6.07, 6.45) is -0.135. The van der Waals surface area contributed by atoms with E-state index >= 15 is 0 Å². The Bertz CT molecular complexity index is 807. The first-order valence-corrected chi connectivity index (χ1v) is 8.92. The molecule has 0 atom stereocenters. The minimum atomic E-state index is -0.972. The number of hydrogen-bond donors (Lipinski definition) is 3. The molecule has 8 heteroatoms. The van der Waals surface area contributed by atoms with Gasteiger partial charge in [0, 0.05) is 28.6 Å². The highest BCUT2D eigenvalue weighted by molar-refractivity contribution is 7.10. The van der Waals surface area contributed by atoms with Crippen LogP contribution in [0.25, 0.3) is 0 Å². The molecule has 1 aromatic carbocycles. The number of amides is 2. The molecule has 0 radical (unpaired) electrons. The summed E-state index contributed by atoms with van der Waals surface area (Å²) in [5.41, 5.74) is 1.17. The number of carboxylic acids is 1. The van der Waals surface area contributed by atoms with E-state index in [1.807, 2.05) is 20.8 Å². The Hall–Kier alpha value is -2.74. The minimum Gasteiger partial charge on any atom is -0.481 e. The van der Waals surface area contributed by atoms with Crippen LogP contribution in [0.2, 0.25) is 0 Å². The second-order valence-electron chi connectivity index (χ2n) is 6.72. The van der Waals surface area contributed by atoms with Crippen molar-refractivity contribution >= 4 is 34.8 Å². The molecule has 2 aromatic rings. The number of carbonyl (C=O) groups is 3. The summed E-state index contributed by atoms with van der Waals surface area (Å²) in [7, 11) is 0. The molecule has 0 aliphatic carbocycles. The second kappa shape index (κ2) is 8.09. The van der Waals surface area contributed by atoms with Crippen LogP contribution in [0.4, 0.5) is 5.69 Å². The van der Waals surface area contributed by atoms with Crippen LogP contribution >= 0.6 is 11.3 Å². The summed E-state index contributed by atoms with van der Waals surface area (Å²) in [5, 5.41) is 16.4. The van der Waals surface area contributed by atoms with Crippen molar-refractivity contribution in [1.29, 1.82) is 0 Å². The fourth-order valence-electron chi connectivity index (χ4n) is 2.01. The molecule has 0 bridgehead atoms. The van der Waals surface area contributed by atoms with Gasteiger partial charge in [0.05, 0.1) is 11.4 Å². The Balaban J connectivity index is 1.96. The zero-order valence-corrected chi connectivity index (χ0v) is 15.6. The summed E-state index contributed by atoms with van der Waals surface area (Å²) in [6, 6.07) is 6.35. The van der Waals surface area contributed by atoms with Gasteiger partial charge in [-0.2, -0.15) is 0 Å². The number of benzene rings is 1. The lowest BCUT2D eigenvalue weighted by Crippen LogP contribution is -2.25. The fourth-order valence-corrected chi connectivity index (χ4v) is 2.90. The largest absolute Gasteiger partial charge is 0.481 e. The number of nitrogens with zero attached hydrogens (tertiary/aromatic N) is 1. The maximum absolute atomic E-state index is 12.3. The number of carboxylic acid groups (broad SMARTS) is 1. The SMILES string of the molecule is CC(C)(C)c1nc(C(=O)Nc2ccc(C(=O)NCCC(=O)O)cc2)cs1. The molecule has 7 nitrogen and oxygen atoms in total. The van der Waals surface area contributed by atoms with Crippen molar-refractivity contribution in [3.8, 4) is 0 Å². The minimum absolute atomic E-state index is 0.0621. The molecule has 0 saturated carbocycles. The molecule has 0 aliphatic rings. The summed E-state index contributed by atoms with van der Waals surface area (Å²) in [4.78, 5) is 39.0. The zero-order valence-electron chi connectivity index (χ0n) is 14.8. The first-order valence-electron chi connectivity index (χ1n) is 8.04. The Morgan fingerprint density at radius 2 is 1.77 bits per heavy atom. The Labute approximate surface area is 155 Å². The molecule has 0 fully saturated rings. The van der Waals surface area contributed by atoms with E-state index in [0.717, 1.165) is 5.01 Å². The monoisotopic (exact) mass is 375 g/mol. The molecule has 1 heterocycles. The van der Waals surface area contributed by atoms with Crippen LogP contribution in [0.1, 0.15) is 53.0 Å². The lowest BCUT2D eigenvalue weighted by atomic mass is 9.98. The smallest absolute Gasteiger partial charge is 0.305 e. The Kier molecular flexibility index (Phi) is 6.10. The van der Waals surface area contributed by atoms with E-state index < -0.39 is 5.97 Å². The normalized spacial score (nSPS) is 11.0. The van der Waals surface area contributed by atoms with Crippen molar-refractivity contribution in [2.45, 2.75) is 32.6 Å². The van der Waals surface area contributed by atoms with E-state index in [1.54, 1.807) is 29.6 Å². The van der Waals surface area contributed by atoms with E-state index in [4.69, 9.17) is 5.11 Å². The van der Waals surface area contributed by atoms with Gasteiger partial charge >= 0.3 is 5.97 Å². The van der Waals surface area contributed by atoms with Gasteiger partial charge in [0.2, 0.25) is 0 Å². The van der Waals surface area contributed by atoms with Crippen molar-refractivity contribution in [2.75, 3.05) is 11.9 Å². The highest BCUT2D eigenvalue weighted by Gasteiger charge is 2.20. The van der Waals surface area contributed by atoms with Gasteiger partial charge in [0.1, 0.15) is 5.69 Å². The van der Waals surface area contributed by atoms with Crippen LogP contribution in [0.5, 0.6) is 0 Å². The van der Waals surface area contributed by atoms with Gasteiger partial charge in [-0.05, 0) is 24.3 Å². The lowest BCUT2D eigenvalue weighted by molar-refractivity contribution is -0.136. The number of nitrogens with one attached hydrogen (secondary N) is 2. The molecular formula is C18H21N3O4S. The summed E-state index contributed by atoms with van der Waals surface area (Å²) in [5.74, 6) is -1.64. The zero-order chi connectivity index (χ0) is 19.3. The number of anilines is 1. The molecular weight excluding hydrogens is 354 g/mol. The van der Waals surface area contributed by atoms with E-state index in [-0.39, 0.29) is 30.2 Å². The third-order valence-electron chi connectivity index (χ3n) is 3.41. The molecule has 26 heavy (non-hydrogen) atoms. The topological polar surface area (TPSA) is 108 Å². The van der Waals surface area contributed by atoms with E-state index in [1.165, 1.54) is 11.3 Å². The van der Waals surface area contributed by atoms with Crippen LogP contribution in [-0.4, -0.2) is 34.4 Å².